The zero-order valence-electron chi connectivity index (χ0n) is 15.1. The average molecular weight is 393 g/mol. The monoisotopic (exact) mass is 392 g/mol. The Morgan fingerprint density at radius 2 is 1.93 bits per heavy atom. The first kappa shape index (κ1) is 19.5. The number of piperazine rings is 1. The molecule has 6 nitrogen and oxygen atoms in total. The second-order valence-corrected chi connectivity index (χ2v) is 6.98. The number of hydrogen-bond acceptors (Lipinski definition) is 4. The van der Waals surface area contributed by atoms with Gasteiger partial charge < -0.3 is 9.69 Å². The molecule has 1 atom stereocenters. The van der Waals surface area contributed by atoms with Crippen LogP contribution in [0, 0.1) is 5.82 Å². The summed E-state index contributed by atoms with van der Waals surface area (Å²) in [4.78, 5) is 28.0. The van der Waals surface area contributed by atoms with E-state index in [9.17, 15) is 14.0 Å². The van der Waals surface area contributed by atoms with Gasteiger partial charge in [-0.1, -0.05) is 23.7 Å². The number of halogens is 2. The lowest BCUT2D eigenvalue weighted by Gasteiger charge is -2.35. The van der Waals surface area contributed by atoms with E-state index >= 15 is 0 Å². The molecule has 0 radical (unpaired) electrons. The van der Waals surface area contributed by atoms with Gasteiger partial charge in [0.25, 0.3) is 5.91 Å². The zero-order valence-corrected chi connectivity index (χ0v) is 15.9. The maximum Gasteiger partial charge on any atom is 0.276 e. The topological polar surface area (TPSA) is 58.4 Å². The molecule has 0 aliphatic carbocycles. The first-order valence-corrected chi connectivity index (χ1v) is 9.35. The minimum absolute atomic E-state index is 0.169. The second-order valence-electron chi connectivity index (χ2n) is 6.57. The summed E-state index contributed by atoms with van der Waals surface area (Å²) >= 11 is 6.13. The number of carbonyl (C=O) groups excluding carboxylic acids is 2. The van der Waals surface area contributed by atoms with Crippen LogP contribution in [0.3, 0.4) is 0 Å². The molecule has 1 aliphatic rings. The van der Waals surface area contributed by atoms with Crippen LogP contribution in [0.2, 0.25) is 5.02 Å². The summed E-state index contributed by atoms with van der Waals surface area (Å²) in [7, 11) is 0. The second kappa shape index (κ2) is 8.63. The summed E-state index contributed by atoms with van der Waals surface area (Å²) in [5, 5.41) is 4.60. The van der Waals surface area contributed by atoms with Crippen molar-refractivity contribution in [3.05, 3.63) is 52.6 Å². The van der Waals surface area contributed by atoms with Crippen LogP contribution < -0.4 is 0 Å². The molecule has 144 valence electrons. The van der Waals surface area contributed by atoms with Gasteiger partial charge in [0.1, 0.15) is 12.1 Å². The van der Waals surface area contributed by atoms with Crippen molar-refractivity contribution in [2.45, 2.75) is 19.4 Å². The van der Waals surface area contributed by atoms with Crippen LogP contribution in [0.4, 0.5) is 4.39 Å². The van der Waals surface area contributed by atoms with Crippen LogP contribution in [0.5, 0.6) is 0 Å². The molecule has 1 amide bonds. The van der Waals surface area contributed by atoms with Crippen LogP contribution in [-0.4, -0.2) is 64.5 Å². The van der Waals surface area contributed by atoms with Crippen molar-refractivity contribution in [3.63, 3.8) is 0 Å². The lowest BCUT2D eigenvalue weighted by molar-refractivity contribution is -0.109. The minimum atomic E-state index is -0.320. The van der Waals surface area contributed by atoms with Crippen molar-refractivity contribution in [1.82, 2.24) is 19.6 Å². The lowest BCUT2D eigenvalue weighted by Crippen LogP contribution is -2.49. The quantitative estimate of drug-likeness (QED) is 0.708. The van der Waals surface area contributed by atoms with Gasteiger partial charge in [-0.2, -0.15) is 5.10 Å². The van der Waals surface area contributed by atoms with Gasteiger partial charge in [0.05, 0.1) is 10.9 Å². The van der Waals surface area contributed by atoms with Crippen molar-refractivity contribution in [1.29, 1.82) is 0 Å². The predicted octanol–water partition coefficient (Wildman–Crippen LogP) is 2.44. The summed E-state index contributed by atoms with van der Waals surface area (Å²) in [5.74, 6) is -0.806. The van der Waals surface area contributed by atoms with E-state index in [1.165, 1.54) is 12.1 Å². The molecule has 3 rings (SSSR count). The van der Waals surface area contributed by atoms with E-state index in [4.69, 9.17) is 11.6 Å². The molecule has 2 aromatic rings. The fourth-order valence-corrected chi connectivity index (χ4v) is 3.43. The Kier molecular flexibility index (Phi) is 6.23. The zero-order chi connectivity index (χ0) is 19.4. The molecule has 1 aromatic heterocycles. The van der Waals surface area contributed by atoms with Gasteiger partial charge in [-0.25, -0.2) is 4.39 Å². The molecule has 2 heterocycles. The molecular formula is C19H22ClFN4O2. The van der Waals surface area contributed by atoms with Crippen molar-refractivity contribution in [3.8, 4) is 0 Å². The average Bonchev–Trinajstić information content (AvgIpc) is 3.07. The Bertz CT molecular complexity index is 801. The minimum Gasteiger partial charge on any atom is -0.335 e. The van der Waals surface area contributed by atoms with Gasteiger partial charge in [-0.05, 0) is 24.6 Å². The van der Waals surface area contributed by atoms with E-state index in [0.29, 0.717) is 44.3 Å². The number of nitrogens with zero attached hydrogens (tertiary/aromatic N) is 4. The Labute approximate surface area is 162 Å². The van der Waals surface area contributed by atoms with Crippen molar-refractivity contribution < 1.29 is 14.0 Å². The smallest absolute Gasteiger partial charge is 0.276 e. The van der Waals surface area contributed by atoms with Gasteiger partial charge in [-0.3, -0.25) is 14.4 Å². The molecule has 0 saturated carbocycles. The molecule has 27 heavy (non-hydrogen) atoms. The third-order valence-electron chi connectivity index (χ3n) is 4.82. The number of aldehydes is 1. The van der Waals surface area contributed by atoms with E-state index in [1.807, 2.05) is 6.92 Å². The highest BCUT2D eigenvalue weighted by atomic mass is 35.5. The van der Waals surface area contributed by atoms with Crippen molar-refractivity contribution >= 4 is 23.8 Å². The Morgan fingerprint density at radius 1 is 1.26 bits per heavy atom. The summed E-state index contributed by atoms with van der Waals surface area (Å²) < 4.78 is 14.7. The van der Waals surface area contributed by atoms with Gasteiger partial charge in [-0.15, -0.1) is 0 Å². The highest BCUT2D eigenvalue weighted by molar-refractivity contribution is 6.33. The first-order chi connectivity index (χ1) is 13.0. The van der Waals surface area contributed by atoms with E-state index < -0.39 is 0 Å². The molecule has 8 heteroatoms. The van der Waals surface area contributed by atoms with Crippen LogP contribution in [-0.2, 0) is 11.3 Å². The van der Waals surface area contributed by atoms with E-state index in [-0.39, 0.29) is 23.3 Å². The maximum atomic E-state index is 13.1. The molecule has 0 bridgehead atoms. The van der Waals surface area contributed by atoms with Crippen LogP contribution in [0.1, 0.15) is 28.9 Å². The lowest BCUT2D eigenvalue weighted by atomic mass is 9.99. The SMILES string of the molecule is CCn1cc(Cl)c(C(=O)N2CCN(CC(C=O)c3ccc(F)cc3)CC2)n1. The molecule has 1 aromatic carbocycles. The highest BCUT2D eigenvalue weighted by Gasteiger charge is 2.27. The molecule has 1 fully saturated rings. The van der Waals surface area contributed by atoms with Crippen LogP contribution in [0.25, 0.3) is 0 Å². The van der Waals surface area contributed by atoms with Crippen molar-refractivity contribution in [2.24, 2.45) is 0 Å². The standard InChI is InChI=1S/C19H22ClFN4O2/c1-2-25-12-17(20)18(22-25)19(27)24-9-7-23(8-10-24)11-15(13-26)14-3-5-16(21)6-4-14/h3-6,12-13,15H,2,7-11H2,1H3. The first-order valence-electron chi connectivity index (χ1n) is 8.97. The fraction of sp³-hybridized carbons (Fsp3) is 0.421. The third kappa shape index (κ3) is 4.54. The number of hydrogen-bond donors (Lipinski definition) is 0. The highest BCUT2D eigenvalue weighted by Crippen LogP contribution is 2.19. The molecular weight excluding hydrogens is 371 g/mol. The summed E-state index contributed by atoms with van der Waals surface area (Å²) in [6.45, 7) is 5.53. The summed E-state index contributed by atoms with van der Waals surface area (Å²) in [6, 6.07) is 6.00. The molecule has 1 saturated heterocycles. The number of benzene rings is 1. The van der Waals surface area contributed by atoms with E-state index in [1.54, 1.807) is 27.9 Å². The maximum absolute atomic E-state index is 13.1. The third-order valence-corrected chi connectivity index (χ3v) is 5.10. The van der Waals surface area contributed by atoms with Gasteiger partial charge in [0.2, 0.25) is 0 Å². The largest absolute Gasteiger partial charge is 0.335 e. The molecule has 0 spiro atoms. The van der Waals surface area contributed by atoms with Crippen LogP contribution >= 0.6 is 11.6 Å². The number of aryl methyl sites for hydroxylation is 1. The Morgan fingerprint density at radius 3 is 2.48 bits per heavy atom. The normalized spacial score (nSPS) is 16.3. The van der Waals surface area contributed by atoms with E-state index in [0.717, 1.165) is 11.8 Å². The number of carbonyl (C=O) groups is 2. The Hall–Kier alpha value is -2.25. The number of aromatic nitrogens is 2. The number of rotatable bonds is 6. The van der Waals surface area contributed by atoms with Crippen molar-refractivity contribution in [2.75, 3.05) is 32.7 Å². The number of amides is 1. The summed E-state index contributed by atoms with van der Waals surface area (Å²) in [6.07, 6.45) is 2.55. The van der Waals surface area contributed by atoms with Gasteiger partial charge >= 0.3 is 0 Å². The summed E-state index contributed by atoms with van der Waals surface area (Å²) in [5.41, 5.74) is 1.07. The van der Waals surface area contributed by atoms with Crippen LogP contribution in [0.15, 0.2) is 30.5 Å². The van der Waals surface area contributed by atoms with Gasteiger partial charge in [0, 0.05) is 45.5 Å². The Balaban J connectivity index is 1.57. The molecule has 1 unspecified atom stereocenters. The van der Waals surface area contributed by atoms with Gasteiger partial charge in [0.15, 0.2) is 5.69 Å². The van der Waals surface area contributed by atoms with E-state index in [2.05, 4.69) is 10.00 Å². The fourth-order valence-electron chi connectivity index (χ4n) is 3.20. The molecule has 0 N–H and O–H groups in total. The predicted molar refractivity (Wildman–Crippen MR) is 100 cm³/mol. The molecule has 1 aliphatic heterocycles.